The molecule has 1 N–H and O–H groups in total. The van der Waals surface area contributed by atoms with Gasteiger partial charge >= 0.3 is 6.03 Å². The van der Waals surface area contributed by atoms with Crippen molar-refractivity contribution in [2.24, 2.45) is 0 Å². The molecule has 2 amide bonds. The number of aromatic amines is 1. The Kier molecular flexibility index (Phi) is 4.88. The van der Waals surface area contributed by atoms with Gasteiger partial charge in [-0.05, 0) is 25.1 Å². The van der Waals surface area contributed by atoms with Gasteiger partial charge in [0.1, 0.15) is 11.3 Å². The number of halogens is 2. The van der Waals surface area contributed by atoms with E-state index < -0.39 is 23.4 Å². The van der Waals surface area contributed by atoms with Gasteiger partial charge in [-0.25, -0.2) is 18.6 Å². The number of pyridine rings is 1. The van der Waals surface area contributed by atoms with Crippen LogP contribution in [0.5, 0.6) is 11.5 Å². The third kappa shape index (κ3) is 3.15. The van der Waals surface area contributed by atoms with E-state index >= 15 is 8.78 Å². The molecule has 0 radical (unpaired) electrons. The number of fused-ring (bicyclic) bond motifs is 3. The average molecular weight is 450 g/mol. The maximum Gasteiger partial charge on any atom is 0.334 e. The van der Waals surface area contributed by atoms with Crippen molar-refractivity contribution in [3.8, 4) is 11.5 Å². The van der Waals surface area contributed by atoms with Crippen LogP contribution in [0, 0.1) is 18.6 Å². The summed E-state index contributed by atoms with van der Waals surface area (Å²) in [6, 6.07) is 9.63. The molecule has 7 nitrogen and oxygen atoms in total. The van der Waals surface area contributed by atoms with Crippen LogP contribution < -0.4 is 19.3 Å². The second-order valence-corrected chi connectivity index (χ2v) is 7.67. The van der Waals surface area contributed by atoms with Crippen molar-refractivity contribution in [3.63, 3.8) is 0 Å². The summed E-state index contributed by atoms with van der Waals surface area (Å²) in [5, 5.41) is 0.727. The highest BCUT2D eigenvalue weighted by Gasteiger charge is 2.38. The van der Waals surface area contributed by atoms with Gasteiger partial charge in [-0.1, -0.05) is 17.7 Å². The summed E-state index contributed by atoms with van der Waals surface area (Å²) < 4.78 is 40.8. The van der Waals surface area contributed by atoms with Gasteiger partial charge in [0.15, 0.2) is 23.1 Å². The van der Waals surface area contributed by atoms with Gasteiger partial charge in [-0.2, -0.15) is 0 Å². The van der Waals surface area contributed by atoms with Gasteiger partial charge < -0.3 is 14.5 Å². The monoisotopic (exact) mass is 450 g/mol. The van der Waals surface area contributed by atoms with Crippen LogP contribution in [0.3, 0.4) is 0 Å². The van der Waals surface area contributed by atoms with Crippen LogP contribution in [0.1, 0.15) is 11.1 Å². The van der Waals surface area contributed by atoms with Crippen LogP contribution in [0.4, 0.5) is 30.6 Å². The molecule has 1 aliphatic heterocycles. The Hall–Kier alpha value is -4.14. The Morgan fingerprint density at radius 1 is 1.00 bits per heavy atom. The van der Waals surface area contributed by atoms with Crippen LogP contribution in [-0.4, -0.2) is 30.2 Å². The molecule has 33 heavy (non-hydrogen) atoms. The van der Waals surface area contributed by atoms with E-state index in [1.54, 1.807) is 24.5 Å². The highest BCUT2D eigenvalue weighted by Crippen LogP contribution is 2.44. The van der Waals surface area contributed by atoms with Crippen molar-refractivity contribution in [2.45, 2.75) is 13.5 Å². The van der Waals surface area contributed by atoms with Crippen molar-refractivity contribution >= 4 is 34.1 Å². The fourth-order valence-corrected chi connectivity index (χ4v) is 4.09. The normalized spacial score (nSPS) is 13.4. The minimum Gasteiger partial charge on any atom is -0.493 e. The van der Waals surface area contributed by atoms with E-state index in [-0.39, 0.29) is 18.0 Å². The first kappa shape index (κ1) is 20.7. The number of carbonyl (C=O) groups excluding carboxylic acids is 1. The first-order chi connectivity index (χ1) is 15.9. The number of hydrogen-bond acceptors (Lipinski definition) is 4. The van der Waals surface area contributed by atoms with Crippen LogP contribution in [0.25, 0.3) is 11.0 Å². The number of benzene rings is 2. The second kappa shape index (κ2) is 7.77. The number of ether oxygens (including phenoxy) is 2. The number of aromatic nitrogens is 2. The van der Waals surface area contributed by atoms with Gasteiger partial charge in [0.2, 0.25) is 0 Å². The van der Waals surface area contributed by atoms with Crippen LogP contribution in [0.2, 0.25) is 0 Å². The predicted octanol–water partition coefficient (Wildman–Crippen LogP) is 5.45. The highest BCUT2D eigenvalue weighted by atomic mass is 19.1. The average Bonchev–Trinajstić information content (AvgIpc) is 3.30. The number of nitrogens with one attached hydrogen (secondary N) is 1. The predicted molar refractivity (Wildman–Crippen MR) is 120 cm³/mol. The molecule has 0 spiro atoms. The van der Waals surface area contributed by atoms with E-state index in [9.17, 15) is 4.79 Å². The van der Waals surface area contributed by atoms with Gasteiger partial charge in [-0.3, -0.25) is 9.80 Å². The third-order valence-corrected chi connectivity index (χ3v) is 5.72. The summed E-state index contributed by atoms with van der Waals surface area (Å²) >= 11 is 0. The zero-order valence-corrected chi connectivity index (χ0v) is 18.1. The van der Waals surface area contributed by atoms with Crippen molar-refractivity contribution in [1.29, 1.82) is 0 Å². The maximum absolute atomic E-state index is 15.3. The molecule has 0 unspecified atom stereocenters. The molecule has 3 heterocycles. The van der Waals surface area contributed by atoms with Crippen LogP contribution >= 0.6 is 0 Å². The van der Waals surface area contributed by atoms with Crippen molar-refractivity contribution in [2.75, 3.05) is 24.0 Å². The summed E-state index contributed by atoms with van der Waals surface area (Å²) in [5.41, 5.74) is 2.86. The van der Waals surface area contributed by atoms with Crippen molar-refractivity contribution < 1.29 is 23.0 Å². The fraction of sp³-hybridized carbons (Fsp3) is 0.167. The number of urea groups is 1. The molecule has 0 aliphatic carbocycles. The smallest absolute Gasteiger partial charge is 0.334 e. The molecule has 2 aromatic carbocycles. The number of carbonyl (C=O) groups is 1. The van der Waals surface area contributed by atoms with E-state index in [1.165, 1.54) is 19.1 Å². The number of methoxy groups -OCH3 is 2. The van der Waals surface area contributed by atoms with E-state index in [0.717, 1.165) is 21.9 Å². The molecule has 0 saturated carbocycles. The number of anilines is 3. The third-order valence-electron chi connectivity index (χ3n) is 5.72. The van der Waals surface area contributed by atoms with Gasteiger partial charge in [0.05, 0.1) is 32.1 Å². The molecular weight excluding hydrogens is 430 g/mol. The van der Waals surface area contributed by atoms with Gasteiger partial charge in [0, 0.05) is 29.4 Å². The zero-order valence-electron chi connectivity index (χ0n) is 18.1. The lowest BCUT2D eigenvalue weighted by molar-refractivity contribution is 0.251. The minimum atomic E-state index is -0.993. The molecule has 1 aliphatic rings. The Bertz CT molecular complexity index is 1360. The lowest BCUT2D eigenvalue weighted by Gasteiger charge is -2.37. The van der Waals surface area contributed by atoms with E-state index in [0.29, 0.717) is 22.6 Å². The summed E-state index contributed by atoms with van der Waals surface area (Å²) in [5.74, 6) is -2.45. The van der Waals surface area contributed by atoms with Crippen molar-refractivity contribution in [1.82, 2.24) is 9.97 Å². The summed E-state index contributed by atoms with van der Waals surface area (Å²) in [7, 11) is 2.52. The lowest BCUT2D eigenvalue weighted by atomic mass is 10.1. The number of amides is 2. The Morgan fingerprint density at radius 3 is 2.30 bits per heavy atom. The number of nitrogens with zero attached hydrogens (tertiary/aromatic N) is 3. The Morgan fingerprint density at radius 2 is 1.67 bits per heavy atom. The first-order valence-electron chi connectivity index (χ1n) is 10.2. The van der Waals surface area contributed by atoms with Crippen LogP contribution in [-0.2, 0) is 6.54 Å². The number of hydrogen-bond donors (Lipinski definition) is 1. The standard InChI is InChI=1S/C24H20F2N4O3/c1-13-4-6-15(7-5-13)30-21-14(11-28-23-16(21)8-9-27-23)12-29(24(30)31)22-19(25)17(32-2)10-18(33-3)20(22)26/h4-11H,12H2,1-3H3,(H,27,28). The summed E-state index contributed by atoms with van der Waals surface area (Å²) in [4.78, 5) is 23.8. The largest absolute Gasteiger partial charge is 0.493 e. The number of aryl methyl sites for hydroxylation is 1. The molecule has 0 fully saturated rings. The molecular formula is C24H20F2N4O3. The molecule has 9 heteroatoms. The van der Waals surface area contributed by atoms with Gasteiger partial charge in [0.25, 0.3) is 0 Å². The van der Waals surface area contributed by atoms with Crippen molar-refractivity contribution in [3.05, 3.63) is 71.6 Å². The summed E-state index contributed by atoms with van der Waals surface area (Å²) in [6.07, 6.45) is 3.33. The first-order valence-corrected chi connectivity index (χ1v) is 10.2. The Balaban J connectivity index is 1.76. The molecule has 2 aromatic heterocycles. The zero-order chi connectivity index (χ0) is 23.3. The SMILES string of the molecule is COc1cc(OC)c(F)c(N2Cc3cnc4[nH]ccc4c3N(c3ccc(C)cc3)C2=O)c1F. The molecule has 0 atom stereocenters. The minimum absolute atomic E-state index is 0.0885. The molecule has 5 rings (SSSR count). The highest BCUT2D eigenvalue weighted by molar-refractivity contribution is 6.15. The van der Waals surface area contributed by atoms with E-state index in [2.05, 4.69) is 9.97 Å². The topological polar surface area (TPSA) is 70.7 Å². The van der Waals surface area contributed by atoms with E-state index in [1.807, 2.05) is 25.1 Å². The molecule has 0 saturated heterocycles. The fourth-order valence-electron chi connectivity index (χ4n) is 4.09. The van der Waals surface area contributed by atoms with E-state index in [4.69, 9.17) is 9.47 Å². The maximum atomic E-state index is 15.3. The Labute approximate surface area is 188 Å². The molecule has 168 valence electrons. The lowest BCUT2D eigenvalue weighted by Crippen LogP contribution is -2.46. The van der Waals surface area contributed by atoms with Gasteiger partial charge in [-0.15, -0.1) is 0 Å². The van der Waals surface area contributed by atoms with Crippen LogP contribution in [0.15, 0.2) is 48.8 Å². The number of rotatable bonds is 4. The summed E-state index contributed by atoms with van der Waals surface area (Å²) in [6.45, 7) is 1.85. The molecule has 4 aromatic rings. The quantitative estimate of drug-likeness (QED) is 0.449. The molecule has 0 bridgehead atoms. The number of H-pyrrole nitrogens is 1. The second-order valence-electron chi connectivity index (χ2n) is 7.67.